The first-order valence-electron chi connectivity index (χ1n) is 5.82. The smallest absolute Gasteiger partial charge is 0.373 e. The second-order valence-corrected chi connectivity index (χ2v) is 4.18. The van der Waals surface area contributed by atoms with Crippen molar-refractivity contribution in [3.8, 4) is 11.1 Å². The Morgan fingerprint density at radius 3 is 2.52 bits per heavy atom. The number of nitro groups is 1. The van der Waals surface area contributed by atoms with Gasteiger partial charge in [-0.2, -0.15) is 13.2 Å². The van der Waals surface area contributed by atoms with E-state index in [0.29, 0.717) is 5.56 Å². The van der Waals surface area contributed by atoms with Crippen LogP contribution in [0.3, 0.4) is 0 Å². The SMILES string of the molecule is CNc1ncc(-c2cccc([N+](=O)[O-])c2)cc1C(F)(F)F. The summed E-state index contributed by atoms with van der Waals surface area (Å²) in [6.45, 7) is 0. The molecule has 1 heterocycles. The molecule has 0 aliphatic heterocycles. The van der Waals surface area contributed by atoms with Crippen LogP contribution in [-0.4, -0.2) is 17.0 Å². The molecule has 0 radical (unpaired) electrons. The van der Waals surface area contributed by atoms with Gasteiger partial charge in [0, 0.05) is 30.9 Å². The van der Waals surface area contributed by atoms with Gasteiger partial charge in [-0.15, -0.1) is 0 Å². The van der Waals surface area contributed by atoms with Crippen molar-refractivity contribution in [2.45, 2.75) is 6.18 Å². The summed E-state index contributed by atoms with van der Waals surface area (Å²) in [5.74, 6) is -0.295. The largest absolute Gasteiger partial charge is 0.419 e. The van der Waals surface area contributed by atoms with Gasteiger partial charge in [-0.25, -0.2) is 4.98 Å². The number of benzene rings is 1. The van der Waals surface area contributed by atoms with E-state index in [9.17, 15) is 23.3 Å². The van der Waals surface area contributed by atoms with Crippen LogP contribution in [-0.2, 0) is 6.18 Å². The molecule has 0 bridgehead atoms. The Hall–Kier alpha value is -2.64. The van der Waals surface area contributed by atoms with Crippen LogP contribution in [0, 0.1) is 10.1 Å². The van der Waals surface area contributed by atoms with Gasteiger partial charge < -0.3 is 5.32 Å². The third-order valence-electron chi connectivity index (χ3n) is 2.82. The molecule has 1 aromatic carbocycles. The van der Waals surface area contributed by atoms with Gasteiger partial charge in [0.25, 0.3) is 5.69 Å². The summed E-state index contributed by atoms with van der Waals surface area (Å²) < 4.78 is 38.9. The average Bonchev–Trinajstić information content (AvgIpc) is 2.45. The van der Waals surface area contributed by atoms with Gasteiger partial charge in [0.15, 0.2) is 0 Å². The zero-order chi connectivity index (χ0) is 15.6. The van der Waals surface area contributed by atoms with Crippen molar-refractivity contribution < 1.29 is 18.1 Å². The number of nitrogens with one attached hydrogen (secondary N) is 1. The maximum Gasteiger partial charge on any atom is 0.419 e. The highest BCUT2D eigenvalue weighted by molar-refractivity contribution is 5.68. The number of hydrogen-bond acceptors (Lipinski definition) is 4. The number of halogens is 3. The average molecular weight is 297 g/mol. The lowest BCUT2D eigenvalue weighted by Gasteiger charge is -2.13. The fraction of sp³-hybridized carbons (Fsp3) is 0.154. The summed E-state index contributed by atoms with van der Waals surface area (Å²) in [6, 6.07) is 6.29. The van der Waals surface area contributed by atoms with Crippen LogP contribution >= 0.6 is 0 Å². The van der Waals surface area contributed by atoms with Gasteiger partial charge >= 0.3 is 6.18 Å². The molecule has 1 aromatic heterocycles. The number of rotatable bonds is 3. The maximum absolute atomic E-state index is 13.0. The highest BCUT2D eigenvalue weighted by Crippen LogP contribution is 2.36. The van der Waals surface area contributed by atoms with E-state index in [1.165, 1.54) is 37.5 Å². The zero-order valence-electron chi connectivity index (χ0n) is 10.8. The van der Waals surface area contributed by atoms with E-state index in [-0.39, 0.29) is 17.1 Å². The van der Waals surface area contributed by atoms with Crippen LogP contribution in [0.25, 0.3) is 11.1 Å². The highest BCUT2D eigenvalue weighted by atomic mass is 19.4. The van der Waals surface area contributed by atoms with E-state index >= 15 is 0 Å². The van der Waals surface area contributed by atoms with E-state index in [1.807, 2.05) is 0 Å². The van der Waals surface area contributed by atoms with Crippen molar-refractivity contribution in [3.63, 3.8) is 0 Å². The minimum atomic E-state index is -4.57. The molecule has 110 valence electrons. The Balaban J connectivity index is 2.55. The summed E-state index contributed by atoms with van der Waals surface area (Å²) in [4.78, 5) is 13.8. The Kier molecular flexibility index (Phi) is 3.79. The van der Waals surface area contributed by atoms with Gasteiger partial charge in [-0.1, -0.05) is 12.1 Å². The van der Waals surface area contributed by atoms with Crippen LogP contribution < -0.4 is 5.32 Å². The number of nitro benzene ring substituents is 1. The fourth-order valence-electron chi connectivity index (χ4n) is 1.84. The van der Waals surface area contributed by atoms with Crippen molar-refractivity contribution in [2.24, 2.45) is 0 Å². The number of hydrogen-bond donors (Lipinski definition) is 1. The predicted octanol–water partition coefficient (Wildman–Crippen LogP) is 3.72. The molecule has 21 heavy (non-hydrogen) atoms. The molecule has 0 spiro atoms. The molecule has 2 aromatic rings. The normalized spacial score (nSPS) is 11.2. The molecule has 0 atom stereocenters. The number of alkyl halides is 3. The summed E-state index contributed by atoms with van der Waals surface area (Å²) in [6.07, 6.45) is -3.33. The summed E-state index contributed by atoms with van der Waals surface area (Å²) in [5, 5.41) is 13.1. The molecule has 0 amide bonds. The Morgan fingerprint density at radius 1 is 1.24 bits per heavy atom. The standard InChI is InChI=1S/C13H10F3N3O2/c1-17-12-11(13(14,15)16)6-9(7-18-12)8-3-2-4-10(5-8)19(20)21/h2-7H,1H3,(H,17,18). The van der Waals surface area contributed by atoms with Gasteiger partial charge in [0.1, 0.15) is 5.82 Å². The molecule has 0 saturated heterocycles. The summed E-state index contributed by atoms with van der Waals surface area (Å²) in [7, 11) is 1.34. The number of aromatic nitrogens is 1. The van der Waals surface area contributed by atoms with E-state index < -0.39 is 16.7 Å². The molecular weight excluding hydrogens is 287 g/mol. The zero-order valence-corrected chi connectivity index (χ0v) is 10.8. The van der Waals surface area contributed by atoms with Crippen LogP contribution in [0.15, 0.2) is 36.5 Å². The maximum atomic E-state index is 13.0. The first-order valence-corrected chi connectivity index (χ1v) is 5.82. The second-order valence-electron chi connectivity index (χ2n) is 4.18. The Bertz CT molecular complexity index is 687. The lowest BCUT2D eigenvalue weighted by Crippen LogP contribution is -2.10. The number of non-ortho nitro benzene ring substituents is 1. The van der Waals surface area contributed by atoms with Crippen molar-refractivity contribution in [1.82, 2.24) is 4.98 Å². The van der Waals surface area contributed by atoms with E-state index in [1.54, 1.807) is 0 Å². The molecule has 2 rings (SSSR count). The van der Waals surface area contributed by atoms with Gasteiger partial charge in [-0.3, -0.25) is 10.1 Å². The van der Waals surface area contributed by atoms with Crippen LogP contribution in [0.5, 0.6) is 0 Å². The second kappa shape index (κ2) is 5.39. The number of anilines is 1. The molecule has 0 unspecified atom stereocenters. The van der Waals surface area contributed by atoms with Crippen molar-refractivity contribution in [3.05, 3.63) is 52.2 Å². The quantitative estimate of drug-likeness (QED) is 0.692. The fourth-order valence-corrected chi connectivity index (χ4v) is 1.84. The lowest BCUT2D eigenvalue weighted by atomic mass is 10.0. The predicted molar refractivity (Wildman–Crippen MR) is 70.9 cm³/mol. The summed E-state index contributed by atoms with van der Waals surface area (Å²) in [5.41, 5.74) is -0.664. The molecule has 1 N–H and O–H groups in total. The third-order valence-corrected chi connectivity index (χ3v) is 2.82. The molecule has 0 fully saturated rings. The first kappa shape index (κ1) is 14.8. The monoisotopic (exact) mass is 297 g/mol. The van der Waals surface area contributed by atoms with Crippen LogP contribution in [0.1, 0.15) is 5.56 Å². The minimum Gasteiger partial charge on any atom is -0.373 e. The lowest BCUT2D eigenvalue weighted by molar-refractivity contribution is -0.384. The highest BCUT2D eigenvalue weighted by Gasteiger charge is 2.34. The molecular formula is C13H10F3N3O2. The van der Waals surface area contributed by atoms with Crippen molar-refractivity contribution in [2.75, 3.05) is 12.4 Å². The Morgan fingerprint density at radius 2 is 1.95 bits per heavy atom. The van der Waals surface area contributed by atoms with Crippen molar-refractivity contribution >= 4 is 11.5 Å². The van der Waals surface area contributed by atoms with Crippen molar-refractivity contribution in [1.29, 1.82) is 0 Å². The van der Waals surface area contributed by atoms with Crippen LogP contribution in [0.2, 0.25) is 0 Å². The first-order chi connectivity index (χ1) is 9.82. The number of nitrogens with zero attached hydrogens (tertiary/aromatic N) is 2. The molecule has 8 heteroatoms. The summed E-state index contributed by atoms with van der Waals surface area (Å²) >= 11 is 0. The molecule has 0 aliphatic carbocycles. The van der Waals surface area contributed by atoms with Crippen LogP contribution in [0.4, 0.5) is 24.7 Å². The van der Waals surface area contributed by atoms with E-state index in [4.69, 9.17) is 0 Å². The minimum absolute atomic E-state index is 0.157. The molecule has 0 aliphatic rings. The van der Waals surface area contributed by atoms with E-state index in [2.05, 4.69) is 10.3 Å². The van der Waals surface area contributed by atoms with E-state index in [0.717, 1.165) is 6.07 Å². The topological polar surface area (TPSA) is 68.1 Å². The van der Waals surface area contributed by atoms with Gasteiger partial charge in [0.2, 0.25) is 0 Å². The van der Waals surface area contributed by atoms with Gasteiger partial charge in [-0.05, 0) is 11.6 Å². The third kappa shape index (κ3) is 3.10. The Labute approximate surface area is 117 Å². The molecule has 0 saturated carbocycles. The van der Waals surface area contributed by atoms with Gasteiger partial charge in [0.05, 0.1) is 10.5 Å². The molecule has 5 nitrogen and oxygen atoms in total. The number of pyridine rings is 1.